The molecule has 0 radical (unpaired) electrons. The fourth-order valence-corrected chi connectivity index (χ4v) is 4.19. The van der Waals surface area contributed by atoms with E-state index in [0.29, 0.717) is 18.7 Å². The van der Waals surface area contributed by atoms with Crippen molar-refractivity contribution in [1.29, 1.82) is 0 Å². The summed E-state index contributed by atoms with van der Waals surface area (Å²) >= 11 is 0. The zero-order chi connectivity index (χ0) is 24.3. The number of aryl methyl sites for hydroxylation is 2. The van der Waals surface area contributed by atoms with Crippen LogP contribution < -0.4 is 14.8 Å². The van der Waals surface area contributed by atoms with Gasteiger partial charge in [-0.15, -0.1) is 0 Å². The van der Waals surface area contributed by atoms with Crippen LogP contribution in [0, 0.1) is 0 Å². The number of amides is 1. The summed E-state index contributed by atoms with van der Waals surface area (Å²) in [5.74, 6) is 2.62. The van der Waals surface area contributed by atoms with Crippen molar-refractivity contribution in [2.24, 2.45) is 0 Å². The minimum atomic E-state index is -0.0114. The lowest BCUT2D eigenvalue weighted by Crippen LogP contribution is -2.24. The number of benzene rings is 3. The molecule has 0 saturated carbocycles. The molecule has 1 heterocycles. The van der Waals surface area contributed by atoms with E-state index in [1.165, 1.54) is 0 Å². The van der Waals surface area contributed by atoms with Crippen molar-refractivity contribution < 1.29 is 14.3 Å². The van der Waals surface area contributed by atoms with E-state index in [-0.39, 0.29) is 5.91 Å². The van der Waals surface area contributed by atoms with Crippen LogP contribution in [-0.4, -0.2) is 35.7 Å². The van der Waals surface area contributed by atoms with E-state index in [4.69, 9.17) is 14.5 Å². The summed E-state index contributed by atoms with van der Waals surface area (Å²) in [7, 11) is 1.66. The highest BCUT2D eigenvalue weighted by Crippen LogP contribution is 2.26. The number of imidazole rings is 1. The number of fused-ring (bicyclic) bond motifs is 1. The first-order valence-electron chi connectivity index (χ1n) is 12.3. The van der Waals surface area contributed by atoms with Crippen LogP contribution in [0.4, 0.5) is 0 Å². The molecule has 6 heteroatoms. The molecule has 0 atom stereocenters. The van der Waals surface area contributed by atoms with Gasteiger partial charge in [0.25, 0.3) is 5.91 Å². The van der Waals surface area contributed by atoms with Gasteiger partial charge in [-0.2, -0.15) is 0 Å². The topological polar surface area (TPSA) is 65.4 Å². The number of ether oxygens (including phenoxy) is 2. The zero-order valence-corrected chi connectivity index (χ0v) is 20.3. The molecule has 0 unspecified atom stereocenters. The Morgan fingerprint density at radius 3 is 2.43 bits per heavy atom. The van der Waals surface area contributed by atoms with Crippen LogP contribution >= 0.6 is 0 Å². The lowest BCUT2D eigenvalue weighted by molar-refractivity contribution is 0.0953. The van der Waals surface area contributed by atoms with Gasteiger partial charge < -0.3 is 19.4 Å². The second-order valence-electron chi connectivity index (χ2n) is 8.45. The number of methoxy groups -OCH3 is 1. The standard InChI is InChI=1S/C29H33N3O3/c1-34-26-17-9-10-18-27(26)35-22-12-21-32-25-16-8-7-15-24(25)31-28(32)19-6-3-11-20-30-29(33)23-13-4-2-5-14-23/h2,4-5,7-10,13-18H,3,6,11-12,19-22H2,1H3,(H,30,33). The molecule has 4 aromatic rings. The van der Waals surface area contributed by atoms with E-state index in [1.807, 2.05) is 60.7 Å². The van der Waals surface area contributed by atoms with Crippen LogP contribution in [0.1, 0.15) is 41.9 Å². The molecule has 0 aliphatic heterocycles. The van der Waals surface area contributed by atoms with E-state index < -0.39 is 0 Å². The van der Waals surface area contributed by atoms with Crippen molar-refractivity contribution in [3.63, 3.8) is 0 Å². The highest BCUT2D eigenvalue weighted by Gasteiger charge is 2.11. The van der Waals surface area contributed by atoms with Crippen molar-refractivity contribution in [3.05, 3.63) is 90.3 Å². The van der Waals surface area contributed by atoms with Crippen molar-refractivity contribution in [2.75, 3.05) is 20.3 Å². The smallest absolute Gasteiger partial charge is 0.251 e. The Kier molecular flexibility index (Phi) is 8.76. The molecule has 0 bridgehead atoms. The molecular weight excluding hydrogens is 438 g/mol. The van der Waals surface area contributed by atoms with Crippen molar-refractivity contribution in [3.8, 4) is 11.5 Å². The number of carbonyl (C=O) groups excluding carboxylic acids is 1. The van der Waals surface area contributed by atoms with E-state index in [1.54, 1.807) is 7.11 Å². The van der Waals surface area contributed by atoms with Crippen LogP contribution in [0.2, 0.25) is 0 Å². The molecule has 3 aromatic carbocycles. The molecule has 182 valence electrons. The number of hydrogen-bond acceptors (Lipinski definition) is 4. The van der Waals surface area contributed by atoms with Gasteiger partial charge in [0, 0.05) is 25.1 Å². The van der Waals surface area contributed by atoms with Gasteiger partial charge >= 0.3 is 0 Å². The van der Waals surface area contributed by atoms with E-state index >= 15 is 0 Å². The number of nitrogens with one attached hydrogen (secondary N) is 1. The number of aromatic nitrogens is 2. The van der Waals surface area contributed by atoms with Crippen LogP contribution in [0.3, 0.4) is 0 Å². The Balaban J connectivity index is 1.26. The summed E-state index contributed by atoms with van der Waals surface area (Å²) in [5.41, 5.74) is 2.90. The van der Waals surface area contributed by atoms with Crippen molar-refractivity contribution in [1.82, 2.24) is 14.9 Å². The SMILES string of the molecule is COc1ccccc1OCCCn1c(CCCCCNC(=O)c2ccccc2)nc2ccccc21. The minimum Gasteiger partial charge on any atom is -0.493 e. The summed E-state index contributed by atoms with van der Waals surface area (Å²) in [5, 5.41) is 3.00. The van der Waals surface area contributed by atoms with Gasteiger partial charge in [-0.05, 0) is 55.7 Å². The Morgan fingerprint density at radius 2 is 1.60 bits per heavy atom. The Hall–Kier alpha value is -3.80. The van der Waals surface area contributed by atoms with Gasteiger partial charge in [0.15, 0.2) is 11.5 Å². The summed E-state index contributed by atoms with van der Waals surface area (Å²) < 4.78 is 13.6. The minimum absolute atomic E-state index is 0.0114. The second-order valence-corrected chi connectivity index (χ2v) is 8.45. The maximum Gasteiger partial charge on any atom is 0.251 e. The lowest BCUT2D eigenvalue weighted by atomic mass is 10.1. The van der Waals surface area contributed by atoms with Gasteiger partial charge in [0.2, 0.25) is 0 Å². The fourth-order valence-electron chi connectivity index (χ4n) is 4.19. The molecule has 35 heavy (non-hydrogen) atoms. The maximum absolute atomic E-state index is 12.2. The van der Waals surface area contributed by atoms with Gasteiger partial charge in [-0.25, -0.2) is 4.98 Å². The molecule has 1 N–H and O–H groups in total. The molecule has 1 amide bonds. The third-order valence-electron chi connectivity index (χ3n) is 5.98. The quantitative estimate of drug-likeness (QED) is 0.256. The number of unbranched alkanes of at least 4 members (excludes halogenated alkanes) is 2. The number of hydrogen-bond donors (Lipinski definition) is 1. The van der Waals surface area contributed by atoms with Gasteiger partial charge in [-0.3, -0.25) is 4.79 Å². The van der Waals surface area contributed by atoms with Crippen LogP contribution in [0.15, 0.2) is 78.9 Å². The highest BCUT2D eigenvalue weighted by atomic mass is 16.5. The first-order valence-corrected chi connectivity index (χ1v) is 12.3. The molecule has 0 aliphatic carbocycles. The molecule has 0 fully saturated rings. The van der Waals surface area contributed by atoms with Gasteiger partial charge in [-0.1, -0.05) is 48.9 Å². The van der Waals surface area contributed by atoms with Crippen molar-refractivity contribution >= 4 is 16.9 Å². The highest BCUT2D eigenvalue weighted by molar-refractivity contribution is 5.94. The van der Waals surface area contributed by atoms with Crippen molar-refractivity contribution in [2.45, 2.75) is 38.6 Å². The molecule has 0 spiro atoms. The molecular formula is C29H33N3O3. The average Bonchev–Trinajstić information content (AvgIpc) is 3.26. The normalized spacial score (nSPS) is 10.9. The summed E-state index contributed by atoms with van der Waals surface area (Å²) in [6, 6.07) is 25.4. The fraction of sp³-hybridized carbons (Fsp3) is 0.310. The predicted molar refractivity (Wildman–Crippen MR) is 139 cm³/mol. The Labute approximate surface area is 206 Å². The molecule has 6 nitrogen and oxygen atoms in total. The van der Waals surface area contributed by atoms with Crippen LogP contribution in [-0.2, 0) is 13.0 Å². The zero-order valence-electron chi connectivity index (χ0n) is 20.3. The first-order chi connectivity index (χ1) is 17.3. The molecule has 1 aromatic heterocycles. The largest absolute Gasteiger partial charge is 0.493 e. The Morgan fingerprint density at radius 1 is 0.857 bits per heavy atom. The first kappa shape index (κ1) is 24.3. The van der Waals surface area contributed by atoms with Gasteiger partial charge in [0.1, 0.15) is 5.82 Å². The molecule has 0 saturated heterocycles. The van der Waals surface area contributed by atoms with Crippen LogP contribution in [0.5, 0.6) is 11.5 Å². The van der Waals surface area contributed by atoms with E-state index in [9.17, 15) is 4.79 Å². The average molecular weight is 472 g/mol. The maximum atomic E-state index is 12.2. The Bertz CT molecular complexity index is 1220. The van der Waals surface area contributed by atoms with E-state index in [0.717, 1.165) is 67.0 Å². The number of nitrogens with zero attached hydrogens (tertiary/aromatic N) is 2. The molecule has 4 rings (SSSR count). The summed E-state index contributed by atoms with van der Waals surface area (Å²) in [6.45, 7) is 2.13. The van der Waals surface area contributed by atoms with Crippen LogP contribution in [0.25, 0.3) is 11.0 Å². The summed E-state index contributed by atoms with van der Waals surface area (Å²) in [4.78, 5) is 17.0. The predicted octanol–water partition coefficient (Wildman–Crippen LogP) is 5.66. The van der Waals surface area contributed by atoms with E-state index in [2.05, 4.69) is 28.1 Å². The van der Waals surface area contributed by atoms with Gasteiger partial charge in [0.05, 0.1) is 24.8 Å². The number of para-hydroxylation sites is 4. The monoisotopic (exact) mass is 471 g/mol. The third-order valence-corrected chi connectivity index (χ3v) is 5.98. The third kappa shape index (κ3) is 6.63. The molecule has 0 aliphatic rings. The number of carbonyl (C=O) groups is 1. The lowest BCUT2D eigenvalue weighted by Gasteiger charge is -2.12. The second kappa shape index (κ2) is 12.6. The summed E-state index contributed by atoms with van der Waals surface area (Å²) in [6.07, 6.45) is 4.80. The number of rotatable bonds is 13.